The highest BCUT2D eigenvalue weighted by molar-refractivity contribution is 5.90. The number of nitrogens with two attached hydrogens (primary N) is 1. The van der Waals surface area contributed by atoms with Crippen LogP contribution in [0.3, 0.4) is 0 Å². The highest BCUT2D eigenvalue weighted by Crippen LogP contribution is 2.18. The first-order chi connectivity index (χ1) is 5.61. The predicted octanol–water partition coefficient (Wildman–Crippen LogP) is 0.931. The van der Waals surface area contributed by atoms with Gasteiger partial charge in [-0.05, 0) is 12.5 Å². The first kappa shape index (κ1) is 8.52. The molecular formula is C8H11N3O. The SMILES string of the molecule is CC(=O)Nc1cncc(N)c1C. The first-order valence-electron chi connectivity index (χ1n) is 3.59. The van der Waals surface area contributed by atoms with Gasteiger partial charge in [0, 0.05) is 6.92 Å². The Labute approximate surface area is 70.8 Å². The number of nitrogens with zero attached hydrogens (tertiary/aromatic N) is 1. The minimum Gasteiger partial charge on any atom is -0.397 e. The van der Waals surface area contributed by atoms with Crippen molar-refractivity contribution in [2.24, 2.45) is 0 Å². The van der Waals surface area contributed by atoms with E-state index in [0.29, 0.717) is 11.4 Å². The Morgan fingerprint density at radius 1 is 1.58 bits per heavy atom. The van der Waals surface area contributed by atoms with Gasteiger partial charge >= 0.3 is 0 Å². The van der Waals surface area contributed by atoms with Crippen LogP contribution >= 0.6 is 0 Å². The lowest BCUT2D eigenvalue weighted by Gasteiger charge is -2.06. The Kier molecular flexibility index (Phi) is 2.28. The zero-order valence-corrected chi connectivity index (χ0v) is 7.09. The van der Waals surface area contributed by atoms with Gasteiger partial charge in [0.2, 0.25) is 5.91 Å². The third-order valence-electron chi connectivity index (χ3n) is 1.56. The van der Waals surface area contributed by atoms with Crippen LogP contribution in [0.25, 0.3) is 0 Å². The number of nitrogens with one attached hydrogen (secondary N) is 1. The molecule has 0 fully saturated rings. The van der Waals surface area contributed by atoms with E-state index in [9.17, 15) is 4.79 Å². The molecule has 1 aromatic heterocycles. The third kappa shape index (κ3) is 1.72. The van der Waals surface area contributed by atoms with Crippen LogP contribution in [0.5, 0.6) is 0 Å². The van der Waals surface area contributed by atoms with Crippen LogP contribution in [0.1, 0.15) is 12.5 Å². The number of carbonyl (C=O) groups is 1. The Hall–Kier alpha value is -1.58. The minimum absolute atomic E-state index is 0.120. The van der Waals surface area contributed by atoms with E-state index < -0.39 is 0 Å². The van der Waals surface area contributed by atoms with E-state index in [1.807, 2.05) is 6.92 Å². The van der Waals surface area contributed by atoms with E-state index in [2.05, 4.69) is 10.3 Å². The van der Waals surface area contributed by atoms with Crippen molar-refractivity contribution >= 4 is 17.3 Å². The van der Waals surface area contributed by atoms with E-state index in [1.54, 1.807) is 12.4 Å². The summed E-state index contributed by atoms with van der Waals surface area (Å²) in [5, 5.41) is 2.63. The molecule has 4 nitrogen and oxygen atoms in total. The van der Waals surface area contributed by atoms with Crippen molar-refractivity contribution < 1.29 is 4.79 Å². The summed E-state index contributed by atoms with van der Waals surface area (Å²) in [6, 6.07) is 0. The van der Waals surface area contributed by atoms with Gasteiger partial charge in [-0.15, -0.1) is 0 Å². The van der Waals surface area contributed by atoms with Crippen LogP contribution in [0.15, 0.2) is 12.4 Å². The van der Waals surface area contributed by atoms with Crippen LogP contribution in [-0.4, -0.2) is 10.9 Å². The number of nitrogen functional groups attached to an aromatic ring is 1. The largest absolute Gasteiger partial charge is 0.397 e. The van der Waals surface area contributed by atoms with Crippen LogP contribution in [0, 0.1) is 6.92 Å². The molecule has 0 saturated carbocycles. The lowest BCUT2D eigenvalue weighted by molar-refractivity contribution is -0.114. The molecule has 12 heavy (non-hydrogen) atoms. The summed E-state index contributed by atoms with van der Waals surface area (Å²) >= 11 is 0. The summed E-state index contributed by atoms with van der Waals surface area (Å²) in [7, 11) is 0. The van der Waals surface area contributed by atoms with E-state index in [0.717, 1.165) is 5.56 Å². The topological polar surface area (TPSA) is 68.0 Å². The van der Waals surface area contributed by atoms with Crippen molar-refractivity contribution in [1.82, 2.24) is 4.98 Å². The molecule has 1 amide bonds. The number of anilines is 2. The average molecular weight is 165 g/mol. The molecule has 1 rings (SSSR count). The van der Waals surface area contributed by atoms with Crippen molar-refractivity contribution in [3.05, 3.63) is 18.0 Å². The van der Waals surface area contributed by atoms with Crippen molar-refractivity contribution in [2.75, 3.05) is 11.1 Å². The summed E-state index contributed by atoms with van der Waals surface area (Å²) in [5.74, 6) is -0.120. The maximum atomic E-state index is 10.7. The molecule has 0 atom stereocenters. The zero-order valence-electron chi connectivity index (χ0n) is 7.09. The molecule has 0 bridgehead atoms. The highest BCUT2D eigenvalue weighted by Gasteiger charge is 2.02. The summed E-state index contributed by atoms with van der Waals surface area (Å²) in [6.07, 6.45) is 3.13. The Morgan fingerprint density at radius 3 is 2.83 bits per heavy atom. The summed E-state index contributed by atoms with van der Waals surface area (Å²) in [4.78, 5) is 14.6. The number of amides is 1. The van der Waals surface area contributed by atoms with Gasteiger partial charge in [0.1, 0.15) is 0 Å². The molecule has 0 saturated heterocycles. The number of hydrogen-bond acceptors (Lipinski definition) is 3. The molecule has 3 N–H and O–H groups in total. The lowest BCUT2D eigenvalue weighted by Crippen LogP contribution is -2.08. The fourth-order valence-corrected chi connectivity index (χ4v) is 0.857. The molecule has 64 valence electrons. The summed E-state index contributed by atoms with van der Waals surface area (Å²) < 4.78 is 0. The second-order valence-corrected chi connectivity index (χ2v) is 2.58. The van der Waals surface area contributed by atoms with Crippen molar-refractivity contribution in [2.45, 2.75) is 13.8 Å². The normalized spacial score (nSPS) is 9.50. The average Bonchev–Trinajstić information content (AvgIpc) is 1.98. The Bertz CT molecular complexity index is 309. The number of rotatable bonds is 1. The summed E-state index contributed by atoms with van der Waals surface area (Å²) in [6.45, 7) is 3.28. The molecule has 4 heteroatoms. The maximum Gasteiger partial charge on any atom is 0.221 e. The van der Waals surface area contributed by atoms with Gasteiger partial charge in [0.25, 0.3) is 0 Å². The van der Waals surface area contributed by atoms with E-state index in [4.69, 9.17) is 5.73 Å². The second kappa shape index (κ2) is 3.21. The van der Waals surface area contributed by atoms with Gasteiger partial charge in [0.15, 0.2) is 0 Å². The number of pyridine rings is 1. The van der Waals surface area contributed by atoms with E-state index in [-0.39, 0.29) is 5.91 Å². The van der Waals surface area contributed by atoms with E-state index in [1.165, 1.54) is 6.92 Å². The fraction of sp³-hybridized carbons (Fsp3) is 0.250. The van der Waals surface area contributed by atoms with Crippen LogP contribution < -0.4 is 11.1 Å². The van der Waals surface area contributed by atoms with Crippen molar-refractivity contribution in [3.8, 4) is 0 Å². The molecule has 1 heterocycles. The minimum atomic E-state index is -0.120. The number of aromatic nitrogens is 1. The molecule has 0 radical (unpaired) electrons. The Balaban J connectivity index is 3.00. The first-order valence-corrected chi connectivity index (χ1v) is 3.59. The molecule has 0 spiro atoms. The number of carbonyl (C=O) groups excluding carboxylic acids is 1. The molecular weight excluding hydrogens is 154 g/mol. The predicted molar refractivity (Wildman–Crippen MR) is 47.7 cm³/mol. The zero-order chi connectivity index (χ0) is 9.14. The highest BCUT2D eigenvalue weighted by atomic mass is 16.1. The molecule has 1 aromatic rings. The van der Waals surface area contributed by atoms with Gasteiger partial charge in [0.05, 0.1) is 23.8 Å². The van der Waals surface area contributed by atoms with Crippen molar-refractivity contribution in [3.63, 3.8) is 0 Å². The number of hydrogen-bond donors (Lipinski definition) is 2. The second-order valence-electron chi connectivity index (χ2n) is 2.58. The molecule has 0 aliphatic rings. The van der Waals surface area contributed by atoms with Gasteiger partial charge in [-0.25, -0.2) is 0 Å². The monoisotopic (exact) mass is 165 g/mol. The fourth-order valence-electron chi connectivity index (χ4n) is 0.857. The maximum absolute atomic E-state index is 10.7. The van der Waals surface area contributed by atoms with Crippen LogP contribution in [-0.2, 0) is 4.79 Å². The third-order valence-corrected chi connectivity index (χ3v) is 1.56. The molecule has 0 aliphatic heterocycles. The van der Waals surface area contributed by atoms with Gasteiger partial charge < -0.3 is 11.1 Å². The van der Waals surface area contributed by atoms with E-state index >= 15 is 0 Å². The van der Waals surface area contributed by atoms with Crippen molar-refractivity contribution in [1.29, 1.82) is 0 Å². The molecule has 0 aliphatic carbocycles. The quantitative estimate of drug-likeness (QED) is 0.650. The smallest absolute Gasteiger partial charge is 0.221 e. The summed E-state index contributed by atoms with van der Waals surface area (Å²) in [5.41, 5.74) is 7.68. The van der Waals surface area contributed by atoms with Crippen LogP contribution in [0.2, 0.25) is 0 Å². The molecule has 0 aromatic carbocycles. The van der Waals surface area contributed by atoms with Gasteiger partial charge in [-0.1, -0.05) is 0 Å². The molecule has 0 unspecified atom stereocenters. The standard InChI is InChI=1S/C8H11N3O/c1-5-7(9)3-10-4-8(5)11-6(2)12/h3-4H,9H2,1-2H3,(H,11,12). The lowest BCUT2D eigenvalue weighted by atomic mass is 10.2. The Morgan fingerprint density at radius 2 is 2.25 bits per heavy atom. The van der Waals surface area contributed by atoms with Gasteiger partial charge in [-0.3, -0.25) is 9.78 Å². The van der Waals surface area contributed by atoms with Crippen LogP contribution in [0.4, 0.5) is 11.4 Å². The van der Waals surface area contributed by atoms with Gasteiger partial charge in [-0.2, -0.15) is 0 Å².